The zero-order chi connectivity index (χ0) is 11.3. The second-order valence-corrected chi connectivity index (χ2v) is 4.72. The normalized spacial score (nSPS) is 27.1. The van der Waals surface area contributed by atoms with Gasteiger partial charge in [-0.1, -0.05) is 19.1 Å². The highest BCUT2D eigenvalue weighted by atomic mass is 16.5. The van der Waals surface area contributed by atoms with Crippen LogP contribution in [-0.4, -0.2) is 18.8 Å². The van der Waals surface area contributed by atoms with Crippen molar-refractivity contribution in [3.63, 3.8) is 0 Å². The molecule has 0 aromatic carbocycles. The predicted molar refractivity (Wildman–Crippen MR) is 64.8 cm³/mol. The lowest BCUT2D eigenvalue weighted by atomic mass is 9.77. The average Bonchev–Trinajstić information content (AvgIpc) is 2.14. The molecule has 2 nitrogen and oxygen atoms in total. The van der Waals surface area contributed by atoms with Crippen LogP contribution in [0.15, 0.2) is 12.2 Å². The van der Waals surface area contributed by atoms with Gasteiger partial charge in [0.1, 0.15) is 0 Å². The largest absolute Gasteiger partial charge is 0.378 e. The maximum absolute atomic E-state index is 6.08. The van der Waals surface area contributed by atoms with E-state index in [0.717, 1.165) is 31.8 Å². The molecule has 2 N–H and O–H groups in total. The van der Waals surface area contributed by atoms with Crippen LogP contribution in [0.25, 0.3) is 0 Å². The first-order valence-electron chi connectivity index (χ1n) is 6.19. The maximum atomic E-state index is 6.08. The number of hydrogen-bond acceptors (Lipinski definition) is 2. The summed E-state index contributed by atoms with van der Waals surface area (Å²) in [5.74, 6) is 0.793. The van der Waals surface area contributed by atoms with Gasteiger partial charge in [0.2, 0.25) is 0 Å². The van der Waals surface area contributed by atoms with Gasteiger partial charge in [-0.05, 0) is 44.9 Å². The monoisotopic (exact) mass is 211 g/mol. The zero-order valence-electron chi connectivity index (χ0n) is 10.2. The van der Waals surface area contributed by atoms with Gasteiger partial charge in [-0.25, -0.2) is 0 Å². The van der Waals surface area contributed by atoms with E-state index in [0.29, 0.717) is 12.1 Å². The van der Waals surface area contributed by atoms with Gasteiger partial charge in [-0.15, -0.1) is 0 Å². The maximum Gasteiger partial charge on any atom is 0.0580 e. The summed E-state index contributed by atoms with van der Waals surface area (Å²) in [6.45, 7) is 9.05. The molecule has 0 bridgehead atoms. The molecule has 1 atom stereocenters. The third kappa shape index (κ3) is 4.35. The highest BCUT2D eigenvalue weighted by Crippen LogP contribution is 2.34. The van der Waals surface area contributed by atoms with Crippen molar-refractivity contribution in [2.45, 2.75) is 58.1 Å². The van der Waals surface area contributed by atoms with E-state index >= 15 is 0 Å². The minimum atomic E-state index is 0.310. The molecule has 1 aliphatic rings. The van der Waals surface area contributed by atoms with Gasteiger partial charge in [0.05, 0.1) is 6.10 Å². The van der Waals surface area contributed by atoms with Crippen LogP contribution < -0.4 is 5.73 Å². The van der Waals surface area contributed by atoms with Crippen molar-refractivity contribution < 1.29 is 4.74 Å². The molecule has 0 saturated heterocycles. The fourth-order valence-corrected chi connectivity index (χ4v) is 2.27. The van der Waals surface area contributed by atoms with Crippen LogP contribution in [0.4, 0.5) is 0 Å². The Morgan fingerprint density at radius 2 is 2.13 bits per heavy atom. The van der Waals surface area contributed by atoms with Crippen molar-refractivity contribution in [3.05, 3.63) is 12.2 Å². The van der Waals surface area contributed by atoms with Crippen LogP contribution in [0, 0.1) is 5.92 Å². The fraction of sp³-hybridized carbons (Fsp3) is 0.846. The van der Waals surface area contributed by atoms with Crippen LogP contribution in [0.3, 0.4) is 0 Å². The molecule has 0 aromatic heterocycles. The number of rotatable bonds is 7. The second kappa shape index (κ2) is 6.29. The van der Waals surface area contributed by atoms with Gasteiger partial charge < -0.3 is 10.5 Å². The van der Waals surface area contributed by atoms with E-state index in [1.165, 1.54) is 18.4 Å². The first kappa shape index (κ1) is 12.7. The lowest BCUT2D eigenvalue weighted by Crippen LogP contribution is -2.35. The summed E-state index contributed by atoms with van der Waals surface area (Å²) in [5, 5.41) is 0. The predicted octanol–water partition coefficient (Wildman–Crippen LogP) is 2.88. The Bertz CT molecular complexity index is 197. The van der Waals surface area contributed by atoms with Gasteiger partial charge in [-0.3, -0.25) is 0 Å². The van der Waals surface area contributed by atoms with Crippen molar-refractivity contribution in [2.75, 3.05) is 6.61 Å². The van der Waals surface area contributed by atoms with Gasteiger partial charge in [0, 0.05) is 12.6 Å². The summed E-state index contributed by atoms with van der Waals surface area (Å²) in [7, 11) is 0. The molecule has 0 radical (unpaired) electrons. The van der Waals surface area contributed by atoms with Gasteiger partial charge >= 0.3 is 0 Å². The molecule has 0 aromatic rings. The van der Waals surface area contributed by atoms with E-state index in [-0.39, 0.29) is 0 Å². The molecule has 1 fully saturated rings. The van der Waals surface area contributed by atoms with Gasteiger partial charge in [0.25, 0.3) is 0 Å². The molecule has 0 aliphatic heterocycles. The smallest absolute Gasteiger partial charge is 0.0580 e. The van der Waals surface area contributed by atoms with Crippen LogP contribution in [0.5, 0.6) is 0 Å². The van der Waals surface area contributed by atoms with E-state index < -0.39 is 0 Å². The summed E-state index contributed by atoms with van der Waals surface area (Å²) >= 11 is 0. The third-order valence-electron chi connectivity index (χ3n) is 3.28. The lowest BCUT2D eigenvalue weighted by Gasteiger charge is -2.36. The Balaban J connectivity index is 2.08. The van der Waals surface area contributed by atoms with Crippen molar-refractivity contribution in [2.24, 2.45) is 11.7 Å². The molecular formula is C13H25NO. The van der Waals surface area contributed by atoms with Crippen LogP contribution >= 0.6 is 0 Å². The van der Waals surface area contributed by atoms with Crippen molar-refractivity contribution in [1.82, 2.24) is 0 Å². The molecule has 1 saturated carbocycles. The standard InChI is InChI=1S/C13H25NO/c1-4-10(3)6-12(14)7-11-8-13(9-11)15-5-2/h11-13H,3-9,14H2,1-2H3. The highest BCUT2D eigenvalue weighted by Gasteiger charge is 2.30. The Labute approximate surface area is 93.9 Å². The van der Waals surface area contributed by atoms with E-state index in [4.69, 9.17) is 10.5 Å². The molecule has 1 rings (SSSR count). The molecule has 0 heterocycles. The Morgan fingerprint density at radius 1 is 1.47 bits per heavy atom. The van der Waals surface area contributed by atoms with Crippen LogP contribution in [0.2, 0.25) is 0 Å². The molecule has 2 heteroatoms. The summed E-state index contributed by atoms with van der Waals surface area (Å²) < 4.78 is 5.53. The minimum absolute atomic E-state index is 0.310. The highest BCUT2D eigenvalue weighted by molar-refractivity contribution is 4.97. The Morgan fingerprint density at radius 3 is 2.67 bits per heavy atom. The SMILES string of the molecule is C=C(CC)CC(N)CC1CC(OCC)C1. The minimum Gasteiger partial charge on any atom is -0.378 e. The molecule has 1 unspecified atom stereocenters. The molecule has 0 spiro atoms. The van der Waals surface area contributed by atoms with E-state index in [1.54, 1.807) is 0 Å². The van der Waals surface area contributed by atoms with Crippen molar-refractivity contribution >= 4 is 0 Å². The number of hydrogen-bond donors (Lipinski definition) is 1. The first-order valence-corrected chi connectivity index (χ1v) is 6.19. The summed E-state index contributed by atoms with van der Waals surface area (Å²) in [4.78, 5) is 0. The molecule has 15 heavy (non-hydrogen) atoms. The van der Waals surface area contributed by atoms with Crippen molar-refractivity contribution in [3.8, 4) is 0 Å². The average molecular weight is 211 g/mol. The van der Waals surface area contributed by atoms with Crippen LogP contribution in [0.1, 0.15) is 46.0 Å². The topological polar surface area (TPSA) is 35.2 Å². The van der Waals surface area contributed by atoms with Crippen molar-refractivity contribution in [1.29, 1.82) is 0 Å². The van der Waals surface area contributed by atoms with Crippen LogP contribution in [-0.2, 0) is 4.74 Å². The van der Waals surface area contributed by atoms with E-state index in [2.05, 4.69) is 20.4 Å². The molecular weight excluding hydrogens is 186 g/mol. The van der Waals surface area contributed by atoms with E-state index in [1.807, 2.05) is 0 Å². The van der Waals surface area contributed by atoms with E-state index in [9.17, 15) is 0 Å². The summed E-state index contributed by atoms with van der Waals surface area (Å²) in [6, 6.07) is 0.310. The first-order chi connectivity index (χ1) is 7.15. The summed E-state index contributed by atoms with van der Waals surface area (Å²) in [5.41, 5.74) is 7.36. The number of ether oxygens (including phenoxy) is 1. The van der Waals surface area contributed by atoms with Gasteiger partial charge in [-0.2, -0.15) is 0 Å². The summed E-state index contributed by atoms with van der Waals surface area (Å²) in [6.07, 6.45) is 6.12. The Hall–Kier alpha value is -0.340. The molecule has 88 valence electrons. The number of nitrogens with two attached hydrogens (primary N) is 1. The lowest BCUT2D eigenvalue weighted by molar-refractivity contribution is -0.0280. The zero-order valence-corrected chi connectivity index (χ0v) is 10.2. The molecule has 0 amide bonds. The Kier molecular flexibility index (Phi) is 5.34. The quantitative estimate of drug-likeness (QED) is 0.657. The third-order valence-corrected chi connectivity index (χ3v) is 3.28. The fourth-order valence-electron chi connectivity index (χ4n) is 2.27. The van der Waals surface area contributed by atoms with Gasteiger partial charge in [0.15, 0.2) is 0 Å². The molecule has 1 aliphatic carbocycles. The second-order valence-electron chi connectivity index (χ2n) is 4.72.